The molecule has 2 heterocycles. The molecule has 0 N–H and O–H groups in total. The smallest absolute Gasteiger partial charge is 0.251 e. The second-order valence-electron chi connectivity index (χ2n) is 8.09. The van der Waals surface area contributed by atoms with E-state index in [2.05, 4.69) is 4.90 Å². The van der Waals surface area contributed by atoms with Gasteiger partial charge in [0, 0.05) is 0 Å². The Morgan fingerprint density at radius 3 is 2.40 bits per heavy atom. The number of amides is 2. The normalized spacial score (nSPS) is 20.7. The molecular weight excluding hydrogens is 383 g/mol. The fourth-order valence-electron chi connectivity index (χ4n) is 4.52. The molecule has 5 nitrogen and oxygen atoms in total. The van der Waals surface area contributed by atoms with Crippen molar-refractivity contribution in [3.05, 3.63) is 59.9 Å². The van der Waals surface area contributed by atoms with Crippen molar-refractivity contribution in [3.8, 4) is 5.75 Å². The minimum atomic E-state index is -0.382. The summed E-state index contributed by atoms with van der Waals surface area (Å²) in [6, 6.07) is 13.6. The number of carbonyl (C=O) groups is 2. The molecule has 0 radical (unpaired) electrons. The molecule has 0 saturated carbocycles. The zero-order valence-electron chi connectivity index (χ0n) is 17.2. The predicted molar refractivity (Wildman–Crippen MR) is 113 cm³/mol. The Kier molecular flexibility index (Phi) is 6.13. The van der Waals surface area contributed by atoms with E-state index in [0.717, 1.165) is 44.3 Å². The number of aryl methyl sites for hydroxylation is 1. The van der Waals surface area contributed by atoms with Crippen LogP contribution in [0.1, 0.15) is 31.2 Å². The van der Waals surface area contributed by atoms with E-state index >= 15 is 0 Å². The van der Waals surface area contributed by atoms with Gasteiger partial charge in [0.25, 0.3) is 5.91 Å². The molecule has 158 valence electrons. The lowest BCUT2D eigenvalue weighted by Gasteiger charge is -2.34. The number of methoxy groups -OCH3 is 1. The van der Waals surface area contributed by atoms with Crippen molar-refractivity contribution in [2.75, 3.05) is 25.1 Å². The van der Waals surface area contributed by atoms with Gasteiger partial charge in [-0.3, -0.25) is 14.5 Å². The van der Waals surface area contributed by atoms with Gasteiger partial charge in [-0.2, -0.15) is 0 Å². The Hall–Kier alpha value is -2.73. The van der Waals surface area contributed by atoms with Crippen LogP contribution in [0.2, 0.25) is 0 Å². The molecule has 2 aromatic carbocycles. The summed E-state index contributed by atoms with van der Waals surface area (Å²) >= 11 is 0. The predicted octanol–water partition coefficient (Wildman–Crippen LogP) is 3.81. The largest absolute Gasteiger partial charge is 0.497 e. The molecule has 2 saturated heterocycles. The maximum Gasteiger partial charge on any atom is 0.251 e. The van der Waals surface area contributed by atoms with Crippen LogP contribution in [0.5, 0.6) is 5.75 Å². The highest BCUT2D eigenvalue weighted by atomic mass is 19.1. The molecule has 2 aliphatic rings. The second-order valence-corrected chi connectivity index (χ2v) is 8.09. The number of ether oxygens (including phenoxy) is 1. The Morgan fingerprint density at radius 2 is 1.73 bits per heavy atom. The van der Waals surface area contributed by atoms with Gasteiger partial charge < -0.3 is 4.74 Å². The molecule has 2 aromatic rings. The Bertz CT molecular complexity index is 907. The first-order valence-electron chi connectivity index (χ1n) is 10.5. The Balaban J connectivity index is 1.33. The van der Waals surface area contributed by atoms with Gasteiger partial charge in [-0.25, -0.2) is 9.29 Å². The minimum absolute atomic E-state index is 0.136. The fourth-order valence-corrected chi connectivity index (χ4v) is 4.52. The lowest BCUT2D eigenvalue weighted by Crippen LogP contribution is -2.46. The van der Waals surface area contributed by atoms with Crippen LogP contribution >= 0.6 is 0 Å². The molecule has 30 heavy (non-hydrogen) atoms. The standard InChI is InChI=1S/C24H27FN2O3/c1-30-20-10-8-19(9-11-20)27-23(28)16-22(24(27)29)26-14-12-17(13-15-26)6-7-18-4-2-3-5-21(18)25/h2-5,8-11,17,22H,6-7,12-16H2,1H3. The minimum Gasteiger partial charge on any atom is -0.497 e. The highest BCUT2D eigenvalue weighted by molar-refractivity contribution is 6.22. The topological polar surface area (TPSA) is 49.9 Å². The zero-order valence-corrected chi connectivity index (χ0v) is 17.2. The van der Waals surface area contributed by atoms with Crippen molar-refractivity contribution in [1.29, 1.82) is 0 Å². The lowest BCUT2D eigenvalue weighted by molar-refractivity contribution is -0.123. The van der Waals surface area contributed by atoms with Gasteiger partial charge in [-0.15, -0.1) is 0 Å². The van der Waals surface area contributed by atoms with Crippen LogP contribution in [0, 0.1) is 11.7 Å². The van der Waals surface area contributed by atoms with E-state index in [1.807, 2.05) is 12.1 Å². The van der Waals surface area contributed by atoms with Gasteiger partial charge in [0.15, 0.2) is 0 Å². The van der Waals surface area contributed by atoms with Crippen molar-refractivity contribution in [3.63, 3.8) is 0 Å². The molecule has 0 aliphatic carbocycles. The van der Waals surface area contributed by atoms with Crippen molar-refractivity contribution in [1.82, 2.24) is 4.90 Å². The first-order valence-corrected chi connectivity index (χ1v) is 10.5. The number of benzene rings is 2. The van der Waals surface area contributed by atoms with E-state index in [-0.39, 0.29) is 30.1 Å². The molecule has 4 rings (SSSR count). The number of hydrogen-bond acceptors (Lipinski definition) is 4. The lowest BCUT2D eigenvalue weighted by atomic mass is 9.89. The molecule has 0 bridgehead atoms. The maximum absolute atomic E-state index is 13.8. The van der Waals surface area contributed by atoms with E-state index in [9.17, 15) is 14.0 Å². The number of piperidine rings is 1. The molecule has 0 aromatic heterocycles. The third kappa shape index (κ3) is 4.24. The van der Waals surface area contributed by atoms with E-state index in [4.69, 9.17) is 4.74 Å². The van der Waals surface area contributed by atoms with Gasteiger partial charge in [0.05, 0.1) is 25.3 Å². The van der Waals surface area contributed by atoms with Crippen LogP contribution in [-0.4, -0.2) is 43.0 Å². The van der Waals surface area contributed by atoms with Crippen LogP contribution in [0.25, 0.3) is 0 Å². The van der Waals surface area contributed by atoms with E-state index < -0.39 is 0 Å². The summed E-state index contributed by atoms with van der Waals surface area (Å²) in [5.74, 6) is 0.771. The highest BCUT2D eigenvalue weighted by Crippen LogP contribution is 2.30. The quantitative estimate of drug-likeness (QED) is 0.680. The van der Waals surface area contributed by atoms with Gasteiger partial charge in [-0.05, 0) is 80.6 Å². The van der Waals surface area contributed by atoms with Gasteiger partial charge in [0.1, 0.15) is 11.6 Å². The summed E-state index contributed by atoms with van der Waals surface area (Å²) in [4.78, 5) is 29.0. The summed E-state index contributed by atoms with van der Waals surface area (Å²) in [6.07, 6.45) is 3.85. The molecule has 1 unspecified atom stereocenters. The van der Waals surface area contributed by atoms with Crippen molar-refractivity contribution >= 4 is 17.5 Å². The van der Waals surface area contributed by atoms with Crippen molar-refractivity contribution in [2.45, 2.75) is 38.1 Å². The molecule has 1 atom stereocenters. The number of hydrogen-bond donors (Lipinski definition) is 0. The summed E-state index contributed by atoms with van der Waals surface area (Å²) in [6.45, 7) is 1.59. The van der Waals surface area contributed by atoms with Gasteiger partial charge in [-0.1, -0.05) is 18.2 Å². The molecular formula is C24H27FN2O3. The molecule has 2 fully saturated rings. The average molecular weight is 410 g/mol. The van der Waals surface area contributed by atoms with Crippen molar-refractivity contribution in [2.24, 2.45) is 5.92 Å². The Labute approximate surface area is 176 Å². The van der Waals surface area contributed by atoms with Crippen LogP contribution in [0.15, 0.2) is 48.5 Å². The summed E-state index contributed by atoms with van der Waals surface area (Å²) in [5.41, 5.74) is 1.36. The fraction of sp³-hybridized carbons (Fsp3) is 0.417. The number of nitrogens with zero attached hydrogens (tertiary/aromatic N) is 2. The number of likely N-dealkylation sites (tertiary alicyclic amines) is 1. The number of rotatable bonds is 6. The van der Waals surface area contributed by atoms with Crippen LogP contribution in [0.4, 0.5) is 10.1 Å². The second kappa shape index (κ2) is 8.96. The summed E-state index contributed by atoms with van der Waals surface area (Å²) in [7, 11) is 1.58. The first-order chi connectivity index (χ1) is 14.6. The number of imide groups is 1. The summed E-state index contributed by atoms with van der Waals surface area (Å²) < 4.78 is 19.0. The third-order valence-corrected chi connectivity index (χ3v) is 6.32. The average Bonchev–Trinajstić information content (AvgIpc) is 3.07. The molecule has 0 spiro atoms. The van der Waals surface area contributed by atoms with Crippen LogP contribution in [0.3, 0.4) is 0 Å². The molecule has 6 heteroatoms. The Morgan fingerprint density at radius 1 is 1.03 bits per heavy atom. The number of carbonyl (C=O) groups excluding carboxylic acids is 2. The van der Waals surface area contributed by atoms with Crippen LogP contribution < -0.4 is 9.64 Å². The molecule has 2 amide bonds. The van der Waals surface area contributed by atoms with Crippen molar-refractivity contribution < 1.29 is 18.7 Å². The number of halogens is 1. The first kappa shape index (κ1) is 20.5. The van der Waals surface area contributed by atoms with Gasteiger partial charge in [0.2, 0.25) is 5.91 Å². The van der Waals surface area contributed by atoms with E-state index in [1.54, 1.807) is 37.4 Å². The molecule has 2 aliphatic heterocycles. The zero-order chi connectivity index (χ0) is 21.1. The maximum atomic E-state index is 13.8. The van der Waals surface area contributed by atoms with Gasteiger partial charge >= 0.3 is 0 Å². The third-order valence-electron chi connectivity index (χ3n) is 6.32. The monoisotopic (exact) mass is 410 g/mol. The van der Waals surface area contributed by atoms with E-state index in [1.165, 1.54) is 11.0 Å². The summed E-state index contributed by atoms with van der Waals surface area (Å²) in [5, 5.41) is 0. The number of anilines is 1. The highest BCUT2D eigenvalue weighted by Gasteiger charge is 2.43. The van der Waals surface area contributed by atoms with E-state index in [0.29, 0.717) is 17.4 Å². The van der Waals surface area contributed by atoms with Crippen LogP contribution in [-0.2, 0) is 16.0 Å². The SMILES string of the molecule is COc1ccc(N2C(=O)CC(N3CCC(CCc4ccccc4F)CC3)C2=O)cc1.